The third-order valence-electron chi connectivity index (χ3n) is 6.29. The first-order valence-corrected chi connectivity index (χ1v) is 12.7. The van der Waals surface area contributed by atoms with Crippen LogP contribution in [0, 0.1) is 0 Å². The highest BCUT2D eigenvalue weighted by atomic mass is 35.5. The molecule has 3 heterocycles. The Labute approximate surface area is 231 Å². The summed E-state index contributed by atoms with van der Waals surface area (Å²) >= 11 is 12.5. The standard InChI is InChI=1S/C28H26ClN5O3S/c1-36-17-25(35)31-22-12-11-19(16-21(22)29)34-27(26(32-28(34)38)23-9-3-4-13-30-23)24-10-6-14-33(24)18-7-5-8-20(15-18)37-2/h3-16,26-27H,17H2,1-2H3,(H,31,35)(H,32,38)/t26-,27+/m1/s1. The van der Waals surface area contributed by atoms with Gasteiger partial charge in [0, 0.05) is 42.6 Å². The lowest BCUT2D eigenvalue weighted by Gasteiger charge is -2.29. The lowest BCUT2D eigenvalue weighted by molar-refractivity contribution is -0.119. The maximum atomic E-state index is 12.0. The molecule has 5 rings (SSSR count). The number of pyridine rings is 1. The van der Waals surface area contributed by atoms with E-state index in [0.29, 0.717) is 15.8 Å². The first-order valence-electron chi connectivity index (χ1n) is 11.9. The summed E-state index contributed by atoms with van der Waals surface area (Å²) in [5, 5.41) is 7.16. The fraction of sp³-hybridized carbons (Fsp3) is 0.179. The van der Waals surface area contributed by atoms with Crippen molar-refractivity contribution in [3.63, 3.8) is 0 Å². The molecule has 1 aliphatic rings. The Balaban J connectivity index is 1.59. The normalized spacial score (nSPS) is 16.8. The largest absolute Gasteiger partial charge is 0.497 e. The molecule has 0 unspecified atom stereocenters. The molecule has 0 radical (unpaired) electrons. The van der Waals surface area contributed by atoms with Crippen LogP contribution in [0.25, 0.3) is 5.69 Å². The molecule has 0 spiro atoms. The Morgan fingerprint density at radius 3 is 2.68 bits per heavy atom. The van der Waals surface area contributed by atoms with Gasteiger partial charge in [-0.1, -0.05) is 23.7 Å². The van der Waals surface area contributed by atoms with Gasteiger partial charge in [-0.15, -0.1) is 0 Å². The van der Waals surface area contributed by atoms with Gasteiger partial charge in [0.1, 0.15) is 18.4 Å². The van der Waals surface area contributed by atoms with Gasteiger partial charge in [-0.3, -0.25) is 9.78 Å². The maximum Gasteiger partial charge on any atom is 0.250 e. The predicted molar refractivity (Wildman–Crippen MR) is 152 cm³/mol. The van der Waals surface area contributed by atoms with Gasteiger partial charge < -0.3 is 29.6 Å². The molecule has 2 aromatic carbocycles. The first kappa shape index (κ1) is 25.7. The number of nitrogens with one attached hydrogen (secondary N) is 2. The van der Waals surface area contributed by atoms with Crippen molar-refractivity contribution in [3.8, 4) is 11.4 Å². The number of carbonyl (C=O) groups excluding carboxylic acids is 1. The first-order chi connectivity index (χ1) is 18.5. The van der Waals surface area contributed by atoms with Gasteiger partial charge in [-0.2, -0.15) is 0 Å². The van der Waals surface area contributed by atoms with E-state index in [1.807, 2.05) is 65.7 Å². The predicted octanol–water partition coefficient (Wildman–Crippen LogP) is 5.30. The summed E-state index contributed by atoms with van der Waals surface area (Å²) in [5.41, 5.74) is 4.08. The molecule has 38 heavy (non-hydrogen) atoms. The number of nitrogens with zero attached hydrogens (tertiary/aromatic N) is 3. The second-order valence-electron chi connectivity index (χ2n) is 8.65. The summed E-state index contributed by atoms with van der Waals surface area (Å²) in [6, 6.07) is 22.7. The number of halogens is 1. The number of aromatic nitrogens is 2. The van der Waals surface area contributed by atoms with Crippen LogP contribution in [0.4, 0.5) is 11.4 Å². The smallest absolute Gasteiger partial charge is 0.250 e. The summed E-state index contributed by atoms with van der Waals surface area (Å²) in [7, 11) is 3.12. The number of ether oxygens (including phenoxy) is 2. The second-order valence-corrected chi connectivity index (χ2v) is 9.44. The van der Waals surface area contributed by atoms with E-state index in [9.17, 15) is 4.79 Å². The van der Waals surface area contributed by atoms with E-state index < -0.39 is 0 Å². The highest BCUT2D eigenvalue weighted by Gasteiger charge is 2.42. The molecule has 1 fully saturated rings. The fourth-order valence-corrected chi connectivity index (χ4v) is 5.20. The Morgan fingerprint density at radius 2 is 1.95 bits per heavy atom. The zero-order valence-corrected chi connectivity index (χ0v) is 22.4. The average molecular weight is 548 g/mol. The van der Waals surface area contributed by atoms with Crippen molar-refractivity contribution in [2.75, 3.05) is 31.0 Å². The fourth-order valence-electron chi connectivity index (χ4n) is 4.64. The van der Waals surface area contributed by atoms with Gasteiger partial charge in [0.15, 0.2) is 5.11 Å². The van der Waals surface area contributed by atoms with Gasteiger partial charge in [0.2, 0.25) is 5.91 Å². The monoisotopic (exact) mass is 547 g/mol. The minimum absolute atomic E-state index is 0.0622. The molecule has 2 aromatic heterocycles. The molecular weight excluding hydrogens is 522 g/mol. The number of thiocarbonyl (C=S) groups is 1. The maximum absolute atomic E-state index is 12.0. The van der Waals surface area contributed by atoms with E-state index in [-0.39, 0.29) is 24.6 Å². The van der Waals surface area contributed by atoms with E-state index in [1.54, 1.807) is 25.4 Å². The molecule has 1 amide bonds. The van der Waals surface area contributed by atoms with E-state index in [4.69, 9.17) is 33.3 Å². The lowest BCUT2D eigenvalue weighted by Crippen LogP contribution is -2.30. The zero-order valence-electron chi connectivity index (χ0n) is 20.8. The van der Waals surface area contributed by atoms with Crippen molar-refractivity contribution in [2.24, 2.45) is 0 Å². The molecule has 194 valence electrons. The van der Waals surface area contributed by atoms with Gasteiger partial charge in [0.25, 0.3) is 0 Å². The van der Waals surface area contributed by atoms with Crippen LogP contribution in [0.15, 0.2) is 85.2 Å². The van der Waals surface area contributed by atoms with Gasteiger partial charge in [-0.25, -0.2) is 0 Å². The molecule has 2 atom stereocenters. The van der Waals surface area contributed by atoms with Crippen molar-refractivity contribution in [1.82, 2.24) is 14.9 Å². The van der Waals surface area contributed by atoms with Crippen molar-refractivity contribution < 1.29 is 14.3 Å². The SMILES string of the molecule is COCC(=O)Nc1ccc(N2C(=S)N[C@H](c3ccccn3)[C@@H]2c2cccn2-c2cccc(OC)c2)cc1Cl. The summed E-state index contributed by atoms with van der Waals surface area (Å²) in [5.74, 6) is 0.475. The third kappa shape index (κ3) is 5.08. The van der Waals surface area contributed by atoms with E-state index >= 15 is 0 Å². The lowest BCUT2D eigenvalue weighted by atomic mass is 10.0. The molecule has 0 bridgehead atoms. The van der Waals surface area contributed by atoms with Crippen LogP contribution >= 0.6 is 23.8 Å². The van der Waals surface area contributed by atoms with E-state index in [0.717, 1.165) is 28.5 Å². The molecular formula is C28H26ClN5O3S. The molecule has 2 N–H and O–H groups in total. The van der Waals surface area contributed by atoms with Crippen LogP contribution < -0.4 is 20.3 Å². The summed E-state index contributed by atoms with van der Waals surface area (Å²) < 4.78 is 12.5. The Bertz CT molecular complexity index is 1460. The van der Waals surface area contributed by atoms with Crippen LogP contribution in [0.5, 0.6) is 5.75 Å². The van der Waals surface area contributed by atoms with Crippen LogP contribution in [0.3, 0.4) is 0 Å². The molecule has 0 saturated carbocycles. The van der Waals surface area contributed by atoms with Crippen LogP contribution in [-0.4, -0.2) is 41.4 Å². The van der Waals surface area contributed by atoms with E-state index in [2.05, 4.69) is 26.3 Å². The quantitative estimate of drug-likeness (QED) is 0.290. The van der Waals surface area contributed by atoms with Crippen molar-refractivity contribution >= 4 is 46.2 Å². The molecule has 1 aliphatic heterocycles. The molecule has 10 heteroatoms. The number of hydrogen-bond donors (Lipinski definition) is 2. The number of benzene rings is 2. The van der Waals surface area contributed by atoms with E-state index in [1.165, 1.54) is 7.11 Å². The Hall–Kier alpha value is -3.92. The number of hydrogen-bond acceptors (Lipinski definition) is 5. The molecule has 8 nitrogen and oxygen atoms in total. The van der Waals surface area contributed by atoms with Gasteiger partial charge in [0.05, 0.1) is 29.6 Å². The van der Waals surface area contributed by atoms with Crippen molar-refractivity contribution in [3.05, 3.63) is 102 Å². The molecule has 4 aromatic rings. The number of rotatable bonds is 8. The van der Waals surface area contributed by atoms with Crippen molar-refractivity contribution in [2.45, 2.75) is 12.1 Å². The highest BCUT2D eigenvalue weighted by molar-refractivity contribution is 7.80. The molecule has 1 saturated heterocycles. The van der Waals surface area contributed by atoms with Crippen LogP contribution in [0.1, 0.15) is 23.5 Å². The number of amides is 1. The minimum Gasteiger partial charge on any atom is -0.497 e. The zero-order chi connectivity index (χ0) is 26.6. The van der Waals surface area contributed by atoms with Crippen LogP contribution in [0.2, 0.25) is 5.02 Å². The highest BCUT2D eigenvalue weighted by Crippen LogP contribution is 2.43. The molecule has 0 aliphatic carbocycles. The number of carbonyl (C=O) groups is 1. The number of methoxy groups -OCH3 is 2. The number of anilines is 2. The van der Waals surface area contributed by atoms with Crippen molar-refractivity contribution in [1.29, 1.82) is 0 Å². The average Bonchev–Trinajstić information content (AvgIpc) is 3.55. The van der Waals surface area contributed by atoms with Gasteiger partial charge >= 0.3 is 0 Å². The summed E-state index contributed by atoms with van der Waals surface area (Å²) in [6.45, 7) is -0.0622. The Kier molecular flexibility index (Phi) is 7.59. The topological polar surface area (TPSA) is 80.7 Å². The Morgan fingerprint density at radius 1 is 1.08 bits per heavy atom. The van der Waals surface area contributed by atoms with Crippen LogP contribution in [-0.2, 0) is 9.53 Å². The van der Waals surface area contributed by atoms with Gasteiger partial charge in [-0.05, 0) is 66.8 Å². The third-order valence-corrected chi connectivity index (χ3v) is 6.92. The summed E-state index contributed by atoms with van der Waals surface area (Å²) in [4.78, 5) is 18.7. The minimum atomic E-state index is -0.287. The summed E-state index contributed by atoms with van der Waals surface area (Å²) in [6.07, 6.45) is 3.79. The second kappa shape index (κ2) is 11.2.